The molecule has 3 N–H and O–H groups in total. The lowest BCUT2D eigenvalue weighted by Crippen LogP contribution is -2.28. The van der Waals surface area contributed by atoms with Crippen molar-refractivity contribution in [1.29, 1.82) is 0 Å². The van der Waals surface area contributed by atoms with Crippen LogP contribution in [0.2, 0.25) is 0 Å². The molecular formula is C11H17N3O3. The van der Waals surface area contributed by atoms with Crippen LogP contribution in [0.5, 0.6) is 5.75 Å². The van der Waals surface area contributed by atoms with Gasteiger partial charge >= 0.3 is 0 Å². The molecule has 0 amide bonds. The van der Waals surface area contributed by atoms with Crippen LogP contribution in [-0.4, -0.2) is 24.6 Å². The lowest BCUT2D eigenvalue weighted by Gasteiger charge is -2.12. The van der Waals surface area contributed by atoms with Crippen molar-refractivity contribution in [2.45, 2.75) is 19.4 Å². The van der Waals surface area contributed by atoms with Crippen LogP contribution in [0.1, 0.15) is 13.3 Å². The number of methoxy groups -OCH3 is 1. The molecule has 0 aliphatic carbocycles. The Morgan fingerprint density at radius 1 is 1.59 bits per heavy atom. The highest BCUT2D eigenvalue weighted by molar-refractivity contribution is 5.64. The van der Waals surface area contributed by atoms with Crippen molar-refractivity contribution >= 4 is 11.4 Å². The number of anilines is 1. The highest BCUT2D eigenvalue weighted by Gasteiger charge is 2.14. The Hall–Kier alpha value is -1.82. The molecule has 0 radical (unpaired) electrons. The second-order valence-electron chi connectivity index (χ2n) is 3.69. The van der Waals surface area contributed by atoms with Crippen molar-refractivity contribution in [1.82, 2.24) is 0 Å². The van der Waals surface area contributed by atoms with Gasteiger partial charge in [0.25, 0.3) is 5.69 Å². The molecule has 1 atom stereocenters. The van der Waals surface area contributed by atoms with E-state index in [1.165, 1.54) is 13.2 Å². The molecule has 1 unspecified atom stereocenters. The smallest absolute Gasteiger partial charge is 0.292 e. The van der Waals surface area contributed by atoms with Crippen LogP contribution in [0.25, 0.3) is 0 Å². The Kier molecular flexibility index (Phi) is 4.71. The lowest BCUT2D eigenvalue weighted by atomic mass is 10.2. The average Bonchev–Trinajstić information content (AvgIpc) is 2.35. The third kappa shape index (κ3) is 3.60. The topological polar surface area (TPSA) is 90.4 Å². The molecule has 0 aliphatic heterocycles. The van der Waals surface area contributed by atoms with Gasteiger partial charge in [-0.15, -0.1) is 0 Å². The van der Waals surface area contributed by atoms with E-state index in [9.17, 15) is 10.1 Å². The maximum Gasteiger partial charge on any atom is 0.292 e. The lowest BCUT2D eigenvalue weighted by molar-refractivity contribution is -0.384. The zero-order valence-electron chi connectivity index (χ0n) is 9.97. The number of nitro groups is 1. The number of nitrogens with zero attached hydrogens (tertiary/aromatic N) is 1. The summed E-state index contributed by atoms with van der Waals surface area (Å²) >= 11 is 0. The summed E-state index contributed by atoms with van der Waals surface area (Å²) in [6.45, 7) is 2.46. The first-order valence-corrected chi connectivity index (χ1v) is 5.40. The van der Waals surface area contributed by atoms with Crippen LogP contribution in [0.15, 0.2) is 18.2 Å². The van der Waals surface area contributed by atoms with Gasteiger partial charge in [0.1, 0.15) is 11.4 Å². The predicted octanol–water partition coefficient (Wildman–Crippen LogP) is 1.75. The van der Waals surface area contributed by atoms with Crippen molar-refractivity contribution in [2.75, 3.05) is 19.0 Å². The first-order valence-electron chi connectivity index (χ1n) is 5.40. The van der Waals surface area contributed by atoms with E-state index in [4.69, 9.17) is 10.5 Å². The summed E-state index contributed by atoms with van der Waals surface area (Å²) < 4.78 is 5.03. The maximum atomic E-state index is 10.8. The molecule has 0 heterocycles. The molecule has 1 rings (SSSR count). The highest BCUT2D eigenvalue weighted by atomic mass is 16.6. The van der Waals surface area contributed by atoms with E-state index in [0.29, 0.717) is 18.0 Å². The molecule has 1 aromatic rings. The van der Waals surface area contributed by atoms with Gasteiger partial charge in [-0.1, -0.05) is 6.92 Å². The molecular weight excluding hydrogens is 222 g/mol. The fraction of sp³-hybridized carbons (Fsp3) is 0.455. The van der Waals surface area contributed by atoms with Gasteiger partial charge in [-0.2, -0.15) is 0 Å². The SMILES string of the molecule is CCC(N)CNc1cc(OC)ccc1[N+](=O)[O-]. The van der Waals surface area contributed by atoms with Crippen LogP contribution in [-0.2, 0) is 0 Å². The summed E-state index contributed by atoms with van der Waals surface area (Å²) in [5, 5.41) is 13.8. The fourth-order valence-electron chi connectivity index (χ4n) is 1.33. The van der Waals surface area contributed by atoms with Crippen molar-refractivity contribution in [3.8, 4) is 5.75 Å². The summed E-state index contributed by atoms with van der Waals surface area (Å²) in [6, 6.07) is 4.54. The van der Waals surface area contributed by atoms with Gasteiger partial charge < -0.3 is 15.8 Å². The van der Waals surface area contributed by atoms with E-state index in [2.05, 4.69) is 5.32 Å². The number of nitro benzene ring substituents is 1. The number of nitrogens with one attached hydrogen (secondary N) is 1. The van der Waals surface area contributed by atoms with Gasteiger partial charge in [-0.3, -0.25) is 10.1 Å². The van der Waals surface area contributed by atoms with E-state index >= 15 is 0 Å². The van der Waals surface area contributed by atoms with Gasteiger partial charge in [0.05, 0.1) is 12.0 Å². The normalized spacial score (nSPS) is 11.9. The summed E-state index contributed by atoms with van der Waals surface area (Å²) in [7, 11) is 1.52. The minimum absolute atomic E-state index is 0.0223. The van der Waals surface area contributed by atoms with Crippen LogP contribution < -0.4 is 15.8 Å². The largest absolute Gasteiger partial charge is 0.497 e. The number of benzene rings is 1. The van der Waals surface area contributed by atoms with Gasteiger partial charge in [0, 0.05) is 24.7 Å². The molecule has 0 saturated carbocycles. The van der Waals surface area contributed by atoms with E-state index in [1.54, 1.807) is 12.1 Å². The minimum atomic E-state index is -0.431. The van der Waals surface area contributed by atoms with E-state index in [0.717, 1.165) is 6.42 Å². The Morgan fingerprint density at radius 2 is 2.29 bits per heavy atom. The van der Waals surface area contributed by atoms with E-state index in [-0.39, 0.29) is 11.7 Å². The molecule has 0 bridgehead atoms. The molecule has 6 heteroatoms. The molecule has 17 heavy (non-hydrogen) atoms. The predicted molar refractivity (Wildman–Crippen MR) is 66.4 cm³/mol. The Balaban J connectivity index is 2.89. The third-order valence-electron chi connectivity index (χ3n) is 2.48. The van der Waals surface area contributed by atoms with E-state index in [1.807, 2.05) is 6.92 Å². The Bertz CT molecular complexity index is 396. The molecule has 0 aromatic heterocycles. The Labute approximate surface area is 99.9 Å². The molecule has 0 aliphatic rings. The van der Waals surface area contributed by atoms with Gasteiger partial charge in [-0.25, -0.2) is 0 Å². The zero-order chi connectivity index (χ0) is 12.8. The van der Waals surface area contributed by atoms with Crippen molar-refractivity contribution in [2.24, 2.45) is 5.73 Å². The molecule has 1 aromatic carbocycles. The number of hydrogen-bond donors (Lipinski definition) is 2. The first-order chi connectivity index (χ1) is 8.08. The average molecular weight is 239 g/mol. The number of ether oxygens (including phenoxy) is 1. The van der Waals surface area contributed by atoms with Gasteiger partial charge in [0.2, 0.25) is 0 Å². The molecule has 94 valence electrons. The van der Waals surface area contributed by atoms with E-state index < -0.39 is 4.92 Å². The van der Waals surface area contributed by atoms with Crippen molar-refractivity contribution in [3.63, 3.8) is 0 Å². The van der Waals surface area contributed by atoms with Crippen molar-refractivity contribution < 1.29 is 9.66 Å². The molecule has 0 spiro atoms. The van der Waals surface area contributed by atoms with Gasteiger partial charge in [0.15, 0.2) is 0 Å². The van der Waals surface area contributed by atoms with Crippen molar-refractivity contribution in [3.05, 3.63) is 28.3 Å². The maximum absolute atomic E-state index is 10.8. The quantitative estimate of drug-likeness (QED) is 0.583. The summed E-state index contributed by atoms with van der Waals surface area (Å²) in [5.74, 6) is 0.572. The Morgan fingerprint density at radius 3 is 2.82 bits per heavy atom. The molecule has 0 saturated heterocycles. The fourth-order valence-corrected chi connectivity index (χ4v) is 1.33. The highest BCUT2D eigenvalue weighted by Crippen LogP contribution is 2.28. The summed E-state index contributed by atoms with van der Waals surface area (Å²) in [6.07, 6.45) is 0.810. The second kappa shape index (κ2) is 6.05. The van der Waals surface area contributed by atoms with Crippen LogP contribution in [0.3, 0.4) is 0 Å². The zero-order valence-corrected chi connectivity index (χ0v) is 9.97. The number of hydrogen-bond acceptors (Lipinski definition) is 5. The van der Waals surface area contributed by atoms with Gasteiger partial charge in [-0.05, 0) is 12.5 Å². The van der Waals surface area contributed by atoms with Crippen LogP contribution in [0.4, 0.5) is 11.4 Å². The van der Waals surface area contributed by atoms with Crippen LogP contribution in [0, 0.1) is 10.1 Å². The monoisotopic (exact) mass is 239 g/mol. The first kappa shape index (κ1) is 13.2. The minimum Gasteiger partial charge on any atom is -0.497 e. The third-order valence-corrected chi connectivity index (χ3v) is 2.48. The summed E-state index contributed by atoms with van der Waals surface area (Å²) in [4.78, 5) is 10.4. The second-order valence-corrected chi connectivity index (χ2v) is 3.69. The van der Waals surface area contributed by atoms with Crippen LogP contribution >= 0.6 is 0 Å². The standard InChI is InChI=1S/C11H17N3O3/c1-3-8(12)7-13-10-6-9(17-2)4-5-11(10)14(15)16/h4-6,8,13H,3,7,12H2,1-2H3. The molecule has 6 nitrogen and oxygen atoms in total. The summed E-state index contributed by atoms with van der Waals surface area (Å²) in [5.41, 5.74) is 6.21. The number of rotatable bonds is 6. The number of nitrogens with two attached hydrogens (primary N) is 1. The molecule has 0 fully saturated rings.